The minimum absolute atomic E-state index is 0.0502. The lowest BCUT2D eigenvalue weighted by molar-refractivity contribution is -0.132. The highest BCUT2D eigenvalue weighted by molar-refractivity contribution is 7.92. The van der Waals surface area contributed by atoms with E-state index in [1.54, 1.807) is 58.8 Å². The van der Waals surface area contributed by atoms with Crippen LogP contribution in [-0.2, 0) is 14.6 Å². The first-order chi connectivity index (χ1) is 16.8. The van der Waals surface area contributed by atoms with Gasteiger partial charge in [0.15, 0.2) is 0 Å². The quantitative estimate of drug-likeness (QED) is 0.548. The van der Waals surface area contributed by atoms with Crippen molar-refractivity contribution in [2.75, 3.05) is 26.2 Å². The topological polar surface area (TPSA) is 104 Å². The highest BCUT2D eigenvalue weighted by atomic mass is 32.2. The molecule has 35 heavy (non-hydrogen) atoms. The summed E-state index contributed by atoms with van der Waals surface area (Å²) in [6.45, 7) is 2.66. The molecule has 0 bridgehead atoms. The third-order valence-corrected chi connectivity index (χ3v) is 8.53. The summed E-state index contributed by atoms with van der Waals surface area (Å²) in [5.74, 6) is -1.50. The van der Waals surface area contributed by atoms with Gasteiger partial charge in [0, 0.05) is 31.7 Å². The first kappa shape index (κ1) is 24.6. The Kier molecular flexibility index (Phi) is 7.32. The molecule has 8 nitrogen and oxygen atoms in total. The number of aryl methyl sites for hydroxylation is 1. The summed E-state index contributed by atoms with van der Waals surface area (Å²) in [5, 5.41) is 2.36. The molecule has 4 rings (SSSR count). The molecular formula is C25H25N3O5S2. The molecule has 3 aromatic rings. The van der Waals surface area contributed by atoms with Crippen molar-refractivity contribution in [3.8, 4) is 0 Å². The summed E-state index contributed by atoms with van der Waals surface area (Å²) in [4.78, 5) is 42.2. The van der Waals surface area contributed by atoms with E-state index >= 15 is 0 Å². The largest absolute Gasteiger partial charge is 0.336 e. The maximum absolute atomic E-state index is 13.5. The van der Waals surface area contributed by atoms with Crippen molar-refractivity contribution in [2.24, 2.45) is 0 Å². The minimum Gasteiger partial charge on any atom is -0.336 e. The fourth-order valence-electron chi connectivity index (χ4n) is 3.79. The predicted molar refractivity (Wildman–Crippen MR) is 133 cm³/mol. The molecule has 1 saturated heterocycles. The molecule has 1 aromatic heterocycles. The van der Waals surface area contributed by atoms with Crippen LogP contribution >= 0.6 is 11.3 Å². The van der Waals surface area contributed by atoms with Gasteiger partial charge in [-0.25, -0.2) is 8.42 Å². The molecular weight excluding hydrogens is 486 g/mol. The summed E-state index contributed by atoms with van der Waals surface area (Å²) in [6, 6.07) is 18.2. The van der Waals surface area contributed by atoms with E-state index in [4.69, 9.17) is 0 Å². The molecule has 0 saturated carbocycles. The molecule has 0 spiro atoms. The van der Waals surface area contributed by atoms with Crippen LogP contribution in [-0.4, -0.2) is 67.5 Å². The molecule has 0 radical (unpaired) electrons. The normalized spacial score (nSPS) is 14.9. The van der Waals surface area contributed by atoms with Crippen LogP contribution in [0.5, 0.6) is 0 Å². The van der Waals surface area contributed by atoms with Crippen molar-refractivity contribution in [2.45, 2.75) is 17.2 Å². The minimum atomic E-state index is -4.22. The number of thiophene rings is 1. The Morgan fingerprint density at radius 3 is 2.09 bits per heavy atom. The highest BCUT2D eigenvalue weighted by Gasteiger charge is 2.39. The van der Waals surface area contributed by atoms with E-state index in [0.717, 1.165) is 16.9 Å². The van der Waals surface area contributed by atoms with Crippen LogP contribution in [0.4, 0.5) is 0 Å². The molecule has 182 valence electrons. The molecule has 1 fully saturated rings. The van der Waals surface area contributed by atoms with E-state index in [-0.39, 0.29) is 37.0 Å². The number of nitrogens with zero attached hydrogens (tertiary/aromatic N) is 2. The molecule has 10 heteroatoms. The van der Waals surface area contributed by atoms with Gasteiger partial charge in [-0.05, 0) is 42.6 Å². The Labute approximate surface area is 208 Å². The van der Waals surface area contributed by atoms with E-state index in [2.05, 4.69) is 5.32 Å². The molecule has 2 heterocycles. The Morgan fingerprint density at radius 1 is 0.857 bits per heavy atom. The number of nitrogens with one attached hydrogen (secondary N) is 1. The Hall–Kier alpha value is -3.50. The van der Waals surface area contributed by atoms with E-state index in [1.165, 1.54) is 17.0 Å². The van der Waals surface area contributed by atoms with Crippen molar-refractivity contribution in [3.63, 3.8) is 0 Å². The van der Waals surface area contributed by atoms with E-state index < -0.39 is 27.0 Å². The number of benzene rings is 2. The van der Waals surface area contributed by atoms with Crippen LogP contribution in [0.2, 0.25) is 0 Å². The van der Waals surface area contributed by atoms with Crippen molar-refractivity contribution in [1.29, 1.82) is 0 Å². The second-order valence-corrected chi connectivity index (χ2v) is 11.2. The summed E-state index contributed by atoms with van der Waals surface area (Å²) >= 11 is 1.15. The predicted octanol–water partition coefficient (Wildman–Crippen LogP) is 2.57. The molecule has 0 aliphatic carbocycles. The summed E-state index contributed by atoms with van der Waals surface area (Å²) in [7, 11) is -4.22. The van der Waals surface area contributed by atoms with E-state index in [0.29, 0.717) is 10.4 Å². The van der Waals surface area contributed by atoms with Gasteiger partial charge in [-0.3, -0.25) is 14.4 Å². The Bertz CT molecular complexity index is 1300. The van der Waals surface area contributed by atoms with Crippen LogP contribution < -0.4 is 5.32 Å². The van der Waals surface area contributed by atoms with Crippen molar-refractivity contribution >= 4 is 38.9 Å². The van der Waals surface area contributed by atoms with Gasteiger partial charge in [0.25, 0.3) is 17.7 Å². The number of rotatable bonds is 6. The second kappa shape index (κ2) is 10.4. The summed E-state index contributed by atoms with van der Waals surface area (Å²) in [5.41, 5.74) is 1.42. The van der Waals surface area contributed by atoms with Crippen LogP contribution in [0.25, 0.3) is 0 Å². The molecule has 1 atom stereocenters. The van der Waals surface area contributed by atoms with Crippen LogP contribution in [0, 0.1) is 6.92 Å². The average molecular weight is 512 g/mol. The molecule has 1 aliphatic heterocycles. The van der Waals surface area contributed by atoms with Gasteiger partial charge in [0.2, 0.25) is 15.2 Å². The van der Waals surface area contributed by atoms with Gasteiger partial charge >= 0.3 is 0 Å². The van der Waals surface area contributed by atoms with Gasteiger partial charge in [-0.1, -0.05) is 42.0 Å². The number of carbonyl (C=O) groups excluding carboxylic acids is 3. The monoisotopic (exact) mass is 511 g/mol. The molecule has 1 aliphatic rings. The zero-order valence-corrected chi connectivity index (χ0v) is 20.7. The molecule has 0 unspecified atom stereocenters. The Balaban J connectivity index is 1.54. The summed E-state index contributed by atoms with van der Waals surface area (Å²) < 4.78 is 26.9. The zero-order chi connectivity index (χ0) is 25.0. The van der Waals surface area contributed by atoms with Gasteiger partial charge < -0.3 is 15.1 Å². The maximum atomic E-state index is 13.5. The van der Waals surface area contributed by atoms with Gasteiger partial charge in [0.1, 0.15) is 0 Å². The van der Waals surface area contributed by atoms with Gasteiger partial charge in [-0.2, -0.15) is 0 Å². The Morgan fingerprint density at radius 2 is 1.49 bits per heavy atom. The van der Waals surface area contributed by atoms with Gasteiger partial charge in [-0.15, -0.1) is 11.3 Å². The highest BCUT2D eigenvalue weighted by Crippen LogP contribution is 2.20. The number of piperazine rings is 1. The van der Waals surface area contributed by atoms with Crippen LogP contribution in [0.15, 0.2) is 77.0 Å². The number of hydrogen-bond acceptors (Lipinski definition) is 6. The average Bonchev–Trinajstić information content (AvgIpc) is 3.42. The standard InChI is InChI=1S/C25H25N3O5S2/c1-18-9-11-20(12-10-18)35(32,33)23(26-22(29)21-8-5-17-34-21)25(31)28-15-13-27(14-16-28)24(30)19-6-3-2-4-7-19/h2-12,17,23H,13-16H2,1H3,(H,26,29)/t23-/m1/s1. The molecule has 1 N–H and O–H groups in total. The molecule has 2 aromatic carbocycles. The first-order valence-electron chi connectivity index (χ1n) is 11.1. The van der Waals surface area contributed by atoms with Crippen LogP contribution in [0.1, 0.15) is 25.6 Å². The second-order valence-electron chi connectivity index (χ2n) is 8.17. The molecule has 3 amide bonds. The van der Waals surface area contributed by atoms with Crippen molar-refractivity contribution in [3.05, 3.63) is 88.1 Å². The van der Waals surface area contributed by atoms with Crippen molar-refractivity contribution in [1.82, 2.24) is 15.1 Å². The van der Waals surface area contributed by atoms with Gasteiger partial charge in [0.05, 0.1) is 9.77 Å². The SMILES string of the molecule is Cc1ccc(S(=O)(=O)[C@@H](NC(=O)c2cccs2)C(=O)N2CCN(C(=O)c3ccccc3)CC2)cc1. The van der Waals surface area contributed by atoms with Crippen molar-refractivity contribution < 1.29 is 22.8 Å². The number of hydrogen-bond donors (Lipinski definition) is 1. The summed E-state index contributed by atoms with van der Waals surface area (Å²) in [6.07, 6.45) is 0. The number of amides is 3. The number of sulfone groups is 1. The fourth-order valence-corrected chi connectivity index (χ4v) is 5.88. The lowest BCUT2D eigenvalue weighted by Crippen LogP contribution is -2.57. The third-order valence-electron chi connectivity index (χ3n) is 5.79. The smallest absolute Gasteiger partial charge is 0.262 e. The zero-order valence-electron chi connectivity index (χ0n) is 19.1. The maximum Gasteiger partial charge on any atom is 0.262 e. The first-order valence-corrected chi connectivity index (χ1v) is 13.5. The lowest BCUT2D eigenvalue weighted by Gasteiger charge is -2.36. The lowest BCUT2D eigenvalue weighted by atomic mass is 10.2. The number of carbonyl (C=O) groups is 3. The third kappa shape index (κ3) is 5.44. The van der Waals surface area contributed by atoms with E-state index in [9.17, 15) is 22.8 Å². The van der Waals surface area contributed by atoms with Crippen LogP contribution in [0.3, 0.4) is 0 Å². The fraction of sp³-hybridized carbons (Fsp3) is 0.240. The van der Waals surface area contributed by atoms with E-state index in [1.807, 2.05) is 13.0 Å².